The molecule has 0 aliphatic heterocycles. The third-order valence-electron chi connectivity index (χ3n) is 2.37. The molecule has 2 rings (SSSR count). The first-order chi connectivity index (χ1) is 7.22. The summed E-state index contributed by atoms with van der Waals surface area (Å²) in [4.78, 5) is 0. The molecule has 78 valence electrons. The number of rotatable bonds is 2. The van der Waals surface area contributed by atoms with Crippen molar-refractivity contribution in [3.05, 3.63) is 47.5 Å². The van der Waals surface area contributed by atoms with Crippen LogP contribution in [0.5, 0.6) is 0 Å². The average Bonchev–Trinajstić information content (AvgIpc) is 2.27. The summed E-state index contributed by atoms with van der Waals surface area (Å²) in [7, 11) is 0. The zero-order valence-electron chi connectivity index (χ0n) is 7.88. The van der Waals surface area contributed by atoms with Crippen molar-refractivity contribution >= 4 is 22.4 Å². The van der Waals surface area contributed by atoms with Crippen LogP contribution in [0.3, 0.4) is 0 Å². The SMILES string of the molecule is FC(F)c1cc(CCl)c2ccccc2c1. The molecule has 3 heteroatoms. The summed E-state index contributed by atoms with van der Waals surface area (Å²) >= 11 is 5.74. The quantitative estimate of drug-likeness (QED) is 0.661. The van der Waals surface area contributed by atoms with Gasteiger partial charge in [-0.05, 0) is 28.5 Å². The summed E-state index contributed by atoms with van der Waals surface area (Å²) < 4.78 is 25.1. The summed E-state index contributed by atoms with van der Waals surface area (Å²) in [5.41, 5.74) is 0.786. The molecule has 0 aliphatic carbocycles. The highest BCUT2D eigenvalue weighted by Crippen LogP contribution is 2.27. The van der Waals surface area contributed by atoms with Gasteiger partial charge in [-0.15, -0.1) is 11.6 Å². The second-order valence-electron chi connectivity index (χ2n) is 3.34. The van der Waals surface area contributed by atoms with Gasteiger partial charge < -0.3 is 0 Å². The van der Waals surface area contributed by atoms with Crippen LogP contribution in [-0.4, -0.2) is 0 Å². The lowest BCUT2D eigenvalue weighted by atomic mass is 10.0. The standard InChI is InChI=1S/C12H9ClF2/c13-7-10-6-9(12(14)15)5-8-3-1-2-4-11(8)10/h1-6,12H,7H2. The van der Waals surface area contributed by atoms with Crippen molar-refractivity contribution in [1.29, 1.82) is 0 Å². The smallest absolute Gasteiger partial charge is 0.205 e. The molecule has 0 heterocycles. The van der Waals surface area contributed by atoms with Crippen molar-refractivity contribution in [2.75, 3.05) is 0 Å². The van der Waals surface area contributed by atoms with Crippen molar-refractivity contribution in [2.45, 2.75) is 12.3 Å². The Hall–Kier alpha value is -1.15. The van der Waals surface area contributed by atoms with Gasteiger partial charge >= 0.3 is 0 Å². The Morgan fingerprint density at radius 2 is 1.87 bits per heavy atom. The second-order valence-corrected chi connectivity index (χ2v) is 3.60. The highest BCUT2D eigenvalue weighted by atomic mass is 35.5. The molecular weight excluding hydrogens is 218 g/mol. The van der Waals surface area contributed by atoms with Crippen molar-refractivity contribution in [3.8, 4) is 0 Å². The van der Waals surface area contributed by atoms with Gasteiger partial charge in [0.15, 0.2) is 0 Å². The van der Waals surface area contributed by atoms with E-state index in [2.05, 4.69) is 0 Å². The summed E-state index contributed by atoms with van der Waals surface area (Å²) in [6.07, 6.45) is -2.45. The lowest BCUT2D eigenvalue weighted by Crippen LogP contribution is -1.89. The highest BCUT2D eigenvalue weighted by molar-refractivity contribution is 6.18. The summed E-state index contributed by atoms with van der Waals surface area (Å²) in [5, 5.41) is 1.75. The maximum atomic E-state index is 12.6. The van der Waals surface area contributed by atoms with Gasteiger partial charge in [-0.2, -0.15) is 0 Å². The molecule has 0 radical (unpaired) electrons. The van der Waals surface area contributed by atoms with E-state index in [-0.39, 0.29) is 11.4 Å². The molecule has 0 aromatic heterocycles. The normalized spacial score (nSPS) is 11.2. The maximum absolute atomic E-state index is 12.6. The van der Waals surface area contributed by atoms with Crippen molar-refractivity contribution in [3.63, 3.8) is 0 Å². The summed E-state index contributed by atoms with van der Waals surface area (Å²) in [6, 6.07) is 10.4. The fraction of sp³-hybridized carbons (Fsp3) is 0.167. The van der Waals surface area contributed by atoms with Gasteiger partial charge in [-0.1, -0.05) is 24.3 Å². The van der Waals surface area contributed by atoms with Crippen LogP contribution in [0, 0.1) is 0 Å². The predicted molar refractivity (Wildman–Crippen MR) is 58.5 cm³/mol. The van der Waals surface area contributed by atoms with E-state index in [0.29, 0.717) is 0 Å². The van der Waals surface area contributed by atoms with Crippen LogP contribution >= 0.6 is 11.6 Å². The number of halogens is 3. The van der Waals surface area contributed by atoms with Crippen molar-refractivity contribution < 1.29 is 8.78 Å². The van der Waals surface area contributed by atoms with E-state index >= 15 is 0 Å². The Morgan fingerprint density at radius 1 is 1.13 bits per heavy atom. The van der Waals surface area contributed by atoms with Gasteiger partial charge in [-0.25, -0.2) is 8.78 Å². The van der Waals surface area contributed by atoms with Gasteiger partial charge in [0.2, 0.25) is 0 Å². The molecule has 0 bridgehead atoms. The first-order valence-electron chi connectivity index (χ1n) is 4.58. The third-order valence-corrected chi connectivity index (χ3v) is 2.65. The lowest BCUT2D eigenvalue weighted by molar-refractivity contribution is 0.151. The number of fused-ring (bicyclic) bond motifs is 1. The fourth-order valence-electron chi connectivity index (χ4n) is 1.65. The molecule has 0 aliphatic rings. The molecule has 2 aromatic rings. The molecule has 0 atom stereocenters. The van der Waals surface area contributed by atoms with Gasteiger partial charge in [0.05, 0.1) is 0 Å². The molecule has 0 unspecified atom stereocenters. The first kappa shape index (κ1) is 10.4. The Balaban J connectivity index is 2.71. The van der Waals surface area contributed by atoms with Crippen LogP contribution in [0.25, 0.3) is 10.8 Å². The molecule has 0 N–H and O–H groups in total. The second kappa shape index (κ2) is 4.15. The molecule has 0 fully saturated rings. The average molecular weight is 227 g/mol. The molecule has 0 saturated carbocycles. The Bertz CT molecular complexity index is 480. The highest BCUT2D eigenvalue weighted by Gasteiger charge is 2.10. The minimum atomic E-state index is -2.45. The molecule has 0 nitrogen and oxygen atoms in total. The van der Waals surface area contributed by atoms with Gasteiger partial charge in [-0.3, -0.25) is 0 Å². The van der Waals surface area contributed by atoms with E-state index in [4.69, 9.17) is 11.6 Å². The summed E-state index contributed by atoms with van der Waals surface area (Å²) in [5.74, 6) is 0.251. The molecule has 0 saturated heterocycles. The van der Waals surface area contributed by atoms with Gasteiger partial charge in [0.25, 0.3) is 6.43 Å². The minimum absolute atomic E-state index is 0.0318. The Kier molecular flexibility index (Phi) is 2.87. The lowest BCUT2D eigenvalue weighted by Gasteiger charge is -2.07. The predicted octanol–water partition coefficient (Wildman–Crippen LogP) is 4.52. The van der Waals surface area contributed by atoms with Crippen LogP contribution in [0.1, 0.15) is 17.6 Å². The minimum Gasteiger partial charge on any atom is -0.205 e. The Morgan fingerprint density at radius 3 is 2.53 bits per heavy atom. The molecular formula is C12H9ClF2. The summed E-state index contributed by atoms with van der Waals surface area (Å²) in [6.45, 7) is 0. The van der Waals surface area contributed by atoms with Crippen LogP contribution < -0.4 is 0 Å². The monoisotopic (exact) mass is 226 g/mol. The van der Waals surface area contributed by atoms with Crippen LogP contribution in [0.15, 0.2) is 36.4 Å². The molecule has 15 heavy (non-hydrogen) atoms. The Labute approximate surface area is 91.5 Å². The first-order valence-corrected chi connectivity index (χ1v) is 5.11. The largest absolute Gasteiger partial charge is 0.263 e. The van der Waals surface area contributed by atoms with E-state index in [0.717, 1.165) is 16.3 Å². The van der Waals surface area contributed by atoms with Crippen LogP contribution in [0.4, 0.5) is 8.78 Å². The fourth-order valence-corrected chi connectivity index (χ4v) is 1.87. The third kappa shape index (κ3) is 1.95. The number of hydrogen-bond donors (Lipinski definition) is 0. The van der Waals surface area contributed by atoms with E-state index in [1.165, 1.54) is 12.1 Å². The molecule has 0 spiro atoms. The van der Waals surface area contributed by atoms with E-state index in [1.807, 2.05) is 24.3 Å². The maximum Gasteiger partial charge on any atom is 0.263 e. The number of benzene rings is 2. The van der Waals surface area contributed by atoms with Gasteiger partial charge in [0, 0.05) is 11.4 Å². The number of hydrogen-bond acceptors (Lipinski definition) is 0. The van der Waals surface area contributed by atoms with Crippen LogP contribution in [0.2, 0.25) is 0 Å². The number of alkyl halides is 3. The van der Waals surface area contributed by atoms with Gasteiger partial charge in [0.1, 0.15) is 0 Å². The zero-order chi connectivity index (χ0) is 10.8. The molecule has 0 amide bonds. The van der Waals surface area contributed by atoms with Crippen molar-refractivity contribution in [1.82, 2.24) is 0 Å². The van der Waals surface area contributed by atoms with E-state index < -0.39 is 6.43 Å². The molecule has 2 aromatic carbocycles. The van der Waals surface area contributed by atoms with E-state index in [9.17, 15) is 8.78 Å². The topological polar surface area (TPSA) is 0 Å². The van der Waals surface area contributed by atoms with E-state index in [1.54, 1.807) is 0 Å². The van der Waals surface area contributed by atoms with Crippen LogP contribution in [-0.2, 0) is 5.88 Å². The van der Waals surface area contributed by atoms with Crippen molar-refractivity contribution in [2.24, 2.45) is 0 Å². The zero-order valence-corrected chi connectivity index (χ0v) is 8.64.